The molecule has 3 amide bonds. The Morgan fingerprint density at radius 2 is 1.68 bits per heavy atom. The molecule has 6 rings (SSSR count). The number of hydrogen-bond donors (Lipinski definition) is 6. The maximum absolute atomic E-state index is 15.3. The number of hydrogen-bond acceptors (Lipinski definition) is 8. The van der Waals surface area contributed by atoms with Gasteiger partial charge in [0.25, 0.3) is 11.8 Å². The van der Waals surface area contributed by atoms with Crippen molar-refractivity contribution in [2.24, 2.45) is 11.7 Å². The highest BCUT2D eigenvalue weighted by molar-refractivity contribution is 6.02. The number of alkyl halides is 3. The third-order valence-corrected chi connectivity index (χ3v) is 10.5. The zero-order valence-electron chi connectivity index (χ0n) is 30.5. The number of aromatic amines is 2. The molecule has 2 aromatic heterocycles. The molecule has 2 fully saturated rings. The Morgan fingerprint density at radius 1 is 0.982 bits per heavy atom. The number of benzene rings is 2. The van der Waals surface area contributed by atoms with Gasteiger partial charge in [0, 0.05) is 92.6 Å². The number of rotatable bonds is 12. The van der Waals surface area contributed by atoms with Crippen LogP contribution in [0.25, 0.3) is 11.3 Å². The number of anilines is 1. The number of piperazine rings is 1. The van der Waals surface area contributed by atoms with Crippen LogP contribution in [0.3, 0.4) is 0 Å². The van der Waals surface area contributed by atoms with Crippen molar-refractivity contribution in [3.8, 4) is 17.0 Å². The highest BCUT2D eigenvalue weighted by Gasteiger charge is 2.40. The molecule has 0 atom stereocenters. The van der Waals surface area contributed by atoms with Crippen molar-refractivity contribution in [3.05, 3.63) is 82.6 Å². The highest BCUT2D eigenvalue weighted by atomic mass is 19.4. The van der Waals surface area contributed by atoms with Gasteiger partial charge in [-0.2, -0.15) is 18.3 Å². The first-order valence-corrected chi connectivity index (χ1v) is 18.2. The zero-order chi connectivity index (χ0) is 41.1. The summed E-state index contributed by atoms with van der Waals surface area (Å²) in [5, 5.41) is 26.9. The first kappa shape index (κ1) is 40.8. The third kappa shape index (κ3) is 9.23. The Kier molecular flexibility index (Phi) is 11.9. The Morgan fingerprint density at radius 3 is 2.32 bits per heavy atom. The summed E-state index contributed by atoms with van der Waals surface area (Å²) in [6.45, 7) is 3.03. The van der Waals surface area contributed by atoms with Gasteiger partial charge in [-0.1, -0.05) is 0 Å². The number of amides is 3. The molecule has 0 bridgehead atoms. The number of phenolic OH excluding ortho intramolecular Hbond substituents is 1. The highest BCUT2D eigenvalue weighted by Crippen LogP contribution is 2.37. The van der Waals surface area contributed by atoms with Crippen molar-refractivity contribution in [1.29, 1.82) is 0 Å². The second-order valence-corrected chi connectivity index (χ2v) is 14.3. The number of nitrogens with two attached hydrogens (primary N) is 1. The zero-order valence-corrected chi connectivity index (χ0v) is 30.5. The SMILES string of the molecule is NCCC[N+]1(CC(=O)O)CCC(C(=O)N2CCN(C(=O)c3ccc(NC(=O)c4ncc(Cc5c(-c6ccc(O)cc6F)n[nH]c5C(F)(F)F)[nH]4)cc3F)CC2)CC1. The van der Waals surface area contributed by atoms with Gasteiger partial charge in [-0.3, -0.25) is 19.5 Å². The van der Waals surface area contributed by atoms with Crippen molar-refractivity contribution in [2.75, 3.05) is 64.2 Å². The number of nitrogens with zero attached hydrogens (tertiary/aromatic N) is 5. The summed E-state index contributed by atoms with van der Waals surface area (Å²) in [6.07, 6.45) is -2.49. The second-order valence-electron chi connectivity index (χ2n) is 14.3. The number of likely N-dealkylation sites (tertiary alicyclic amines) is 1. The van der Waals surface area contributed by atoms with Crippen molar-refractivity contribution >= 4 is 29.4 Å². The third-order valence-electron chi connectivity index (χ3n) is 10.5. The van der Waals surface area contributed by atoms with E-state index in [2.05, 4.69) is 20.4 Å². The van der Waals surface area contributed by atoms with Gasteiger partial charge < -0.3 is 40.5 Å². The molecule has 15 nitrogen and oxygen atoms in total. The largest absolute Gasteiger partial charge is 0.508 e. The van der Waals surface area contributed by atoms with E-state index in [1.165, 1.54) is 17.0 Å². The fourth-order valence-electron chi connectivity index (χ4n) is 7.50. The second kappa shape index (κ2) is 16.7. The monoisotopic (exact) mass is 802 g/mol. The number of quaternary nitrogens is 1. The normalized spacial score (nSPS) is 18.7. The standard InChI is InChI=1S/C37H40F5N9O6/c38-28-17-22(46-34(55)33-44-19-23(45-33)16-27-31(47-48-32(27)37(40,41)42)25-5-3-24(52)18-29(25)39)2-4-26(28)36(57)50-11-9-49(10-12-50)35(56)21-6-14-51(15-7-21,13-1-8-43)20-30(53)54/h2-5,17-19,21H,1,6-16,20,43H2,(H4-,44,45,46,47,48,52,53,54,55,57)/p+1. The van der Waals surface area contributed by atoms with Gasteiger partial charge in [0.1, 0.15) is 23.1 Å². The first-order chi connectivity index (χ1) is 27.1. The van der Waals surface area contributed by atoms with E-state index in [4.69, 9.17) is 5.73 Å². The number of nitrogens with one attached hydrogen (secondary N) is 3. The number of imidazole rings is 1. The molecule has 0 aliphatic carbocycles. The first-order valence-electron chi connectivity index (χ1n) is 18.2. The van der Waals surface area contributed by atoms with Gasteiger partial charge in [-0.05, 0) is 36.9 Å². The van der Waals surface area contributed by atoms with Crippen LogP contribution in [0.5, 0.6) is 5.75 Å². The predicted octanol–water partition coefficient (Wildman–Crippen LogP) is 3.59. The van der Waals surface area contributed by atoms with E-state index in [0.717, 1.165) is 30.5 Å². The van der Waals surface area contributed by atoms with E-state index in [1.54, 1.807) is 4.90 Å². The Balaban J connectivity index is 1.04. The van der Waals surface area contributed by atoms with E-state index in [1.807, 2.05) is 5.10 Å². The number of aromatic hydroxyl groups is 1. The van der Waals surface area contributed by atoms with Crippen LogP contribution in [0, 0.1) is 17.6 Å². The fourth-order valence-corrected chi connectivity index (χ4v) is 7.50. The molecule has 0 unspecified atom stereocenters. The molecule has 7 N–H and O–H groups in total. The van der Waals surface area contributed by atoms with Crippen LogP contribution in [0.15, 0.2) is 42.6 Å². The van der Waals surface area contributed by atoms with Gasteiger partial charge in [-0.25, -0.2) is 18.6 Å². The number of aliphatic carboxylic acids is 1. The van der Waals surface area contributed by atoms with Crippen LogP contribution in [-0.4, -0.2) is 127 Å². The quantitative estimate of drug-likeness (QED) is 0.0912. The van der Waals surface area contributed by atoms with Gasteiger partial charge in [-0.15, -0.1) is 0 Å². The predicted molar refractivity (Wildman–Crippen MR) is 193 cm³/mol. The molecule has 4 aromatic rings. The number of carboxylic acid groups (broad SMARTS) is 1. The number of aromatic nitrogens is 4. The maximum atomic E-state index is 15.3. The van der Waals surface area contributed by atoms with Crippen molar-refractivity contribution in [2.45, 2.75) is 31.9 Å². The smallest absolute Gasteiger partial charge is 0.433 e. The lowest BCUT2D eigenvalue weighted by molar-refractivity contribution is -0.926. The van der Waals surface area contributed by atoms with E-state index >= 15 is 4.39 Å². The molecule has 57 heavy (non-hydrogen) atoms. The minimum absolute atomic E-state index is 0.0164. The molecule has 0 saturated carbocycles. The lowest BCUT2D eigenvalue weighted by atomic mass is 9.92. The number of carbonyl (C=O) groups excluding carboxylic acids is 3. The van der Waals surface area contributed by atoms with Crippen LogP contribution in [0.2, 0.25) is 0 Å². The number of phenols is 1. The topological polar surface area (TPSA) is 211 Å². The number of halogens is 5. The Bertz CT molecular complexity index is 2140. The molecule has 304 valence electrons. The van der Waals surface area contributed by atoms with Crippen molar-refractivity contribution in [3.63, 3.8) is 0 Å². The van der Waals surface area contributed by atoms with E-state index < -0.39 is 59.0 Å². The number of H-pyrrole nitrogens is 2. The average Bonchev–Trinajstić information content (AvgIpc) is 3.82. The minimum atomic E-state index is -4.89. The number of piperidine rings is 1. The molecule has 2 aliphatic rings. The summed E-state index contributed by atoms with van der Waals surface area (Å²) >= 11 is 0. The van der Waals surface area contributed by atoms with Crippen LogP contribution < -0.4 is 11.1 Å². The summed E-state index contributed by atoms with van der Waals surface area (Å²) < 4.78 is 71.8. The minimum Gasteiger partial charge on any atom is -0.508 e. The van der Waals surface area contributed by atoms with E-state index in [-0.39, 0.29) is 78.6 Å². The van der Waals surface area contributed by atoms with Crippen LogP contribution in [0.1, 0.15) is 57.2 Å². The van der Waals surface area contributed by atoms with E-state index in [9.17, 15) is 47.0 Å². The lowest BCUT2D eigenvalue weighted by Crippen LogP contribution is -2.58. The maximum Gasteiger partial charge on any atom is 0.433 e. The van der Waals surface area contributed by atoms with Gasteiger partial charge in [0.15, 0.2) is 12.4 Å². The van der Waals surface area contributed by atoms with Crippen LogP contribution in [-0.2, 0) is 22.2 Å². The van der Waals surface area contributed by atoms with Crippen molar-refractivity contribution in [1.82, 2.24) is 30.0 Å². The molecule has 0 radical (unpaired) electrons. The summed E-state index contributed by atoms with van der Waals surface area (Å²) in [6, 6.07) is 6.35. The summed E-state index contributed by atoms with van der Waals surface area (Å²) in [5.41, 5.74) is 3.05. The fraction of sp³-hybridized carbons (Fsp3) is 0.405. The summed E-state index contributed by atoms with van der Waals surface area (Å²) in [5.74, 6) is -5.36. The molecule has 0 spiro atoms. The van der Waals surface area contributed by atoms with Gasteiger partial charge in [0.2, 0.25) is 5.91 Å². The number of carbonyl (C=O) groups is 4. The molecule has 2 aromatic carbocycles. The van der Waals surface area contributed by atoms with Crippen LogP contribution >= 0.6 is 0 Å². The molecule has 2 saturated heterocycles. The van der Waals surface area contributed by atoms with Crippen LogP contribution in [0.4, 0.5) is 27.6 Å². The average molecular weight is 803 g/mol. The summed E-state index contributed by atoms with van der Waals surface area (Å²) in [4.78, 5) is 60.8. The molecule has 20 heteroatoms. The van der Waals surface area contributed by atoms with Gasteiger partial charge in [0.05, 0.1) is 30.9 Å². The Labute approximate surface area is 322 Å². The van der Waals surface area contributed by atoms with E-state index in [0.29, 0.717) is 49.9 Å². The molecule has 4 heterocycles. The molecule has 2 aliphatic heterocycles. The number of carboxylic acids is 1. The summed E-state index contributed by atoms with van der Waals surface area (Å²) in [7, 11) is 0. The van der Waals surface area contributed by atoms with Gasteiger partial charge >= 0.3 is 12.1 Å². The lowest BCUT2D eigenvalue weighted by Gasteiger charge is -2.44. The molecular formula is C37H41F5N9O6+. The van der Waals surface area contributed by atoms with Crippen molar-refractivity contribution < 1.29 is 55.8 Å². The Hall–Kier alpha value is -5.89. The molecular weight excluding hydrogens is 761 g/mol.